The summed E-state index contributed by atoms with van der Waals surface area (Å²) in [6, 6.07) is 14.4. The van der Waals surface area contributed by atoms with Gasteiger partial charge in [0, 0.05) is 17.8 Å². The number of furan rings is 1. The molecule has 1 N–H and O–H groups in total. The molecule has 21 heavy (non-hydrogen) atoms. The maximum absolute atomic E-state index is 6.09. The molecule has 0 amide bonds. The molecule has 2 aromatic heterocycles. The van der Waals surface area contributed by atoms with Crippen molar-refractivity contribution in [2.75, 3.05) is 6.54 Å². The predicted molar refractivity (Wildman–Crippen MR) is 84.0 cm³/mol. The monoisotopic (exact) mass is 278 g/mol. The highest BCUT2D eigenvalue weighted by Gasteiger charge is 2.33. The SMILES string of the molecule is C[C@@]1(c2cc3ncc(-c4ccccc4)cc3o2)CCCN1. The summed E-state index contributed by atoms with van der Waals surface area (Å²) in [4.78, 5) is 4.56. The average Bonchev–Trinajstić information content (AvgIpc) is 3.14. The molecule has 1 aliphatic heterocycles. The lowest BCUT2D eigenvalue weighted by molar-refractivity contribution is 0.346. The van der Waals surface area contributed by atoms with E-state index < -0.39 is 0 Å². The van der Waals surface area contributed by atoms with Gasteiger partial charge in [0.25, 0.3) is 0 Å². The number of nitrogens with zero attached hydrogens (tertiary/aromatic N) is 1. The van der Waals surface area contributed by atoms with Gasteiger partial charge in [-0.3, -0.25) is 4.98 Å². The second-order valence-electron chi connectivity index (χ2n) is 5.95. The fourth-order valence-electron chi connectivity index (χ4n) is 3.08. The van der Waals surface area contributed by atoms with Gasteiger partial charge in [-0.05, 0) is 37.9 Å². The second kappa shape index (κ2) is 4.71. The lowest BCUT2D eigenvalue weighted by atomic mass is 9.97. The van der Waals surface area contributed by atoms with Crippen LogP contribution >= 0.6 is 0 Å². The largest absolute Gasteiger partial charge is 0.457 e. The second-order valence-corrected chi connectivity index (χ2v) is 5.95. The van der Waals surface area contributed by atoms with Crippen LogP contribution in [-0.4, -0.2) is 11.5 Å². The Labute approximate surface area is 124 Å². The van der Waals surface area contributed by atoms with E-state index >= 15 is 0 Å². The maximum atomic E-state index is 6.09. The Morgan fingerprint density at radius 1 is 1.14 bits per heavy atom. The van der Waals surface area contributed by atoms with Crippen molar-refractivity contribution in [3.05, 3.63) is 54.4 Å². The van der Waals surface area contributed by atoms with E-state index in [1.165, 1.54) is 6.42 Å². The first kappa shape index (κ1) is 12.6. The normalized spacial score (nSPS) is 22.0. The maximum Gasteiger partial charge on any atom is 0.153 e. The van der Waals surface area contributed by atoms with Gasteiger partial charge in [-0.1, -0.05) is 30.3 Å². The first-order valence-corrected chi connectivity index (χ1v) is 7.45. The first-order chi connectivity index (χ1) is 10.2. The van der Waals surface area contributed by atoms with Crippen molar-refractivity contribution in [1.29, 1.82) is 0 Å². The molecule has 3 nitrogen and oxygen atoms in total. The molecule has 0 bridgehead atoms. The van der Waals surface area contributed by atoms with E-state index in [0.29, 0.717) is 0 Å². The summed E-state index contributed by atoms with van der Waals surface area (Å²) in [5, 5.41) is 3.53. The zero-order valence-corrected chi connectivity index (χ0v) is 12.1. The summed E-state index contributed by atoms with van der Waals surface area (Å²) in [6.07, 6.45) is 4.22. The minimum absolute atomic E-state index is 0.0480. The molecule has 1 aromatic carbocycles. The first-order valence-electron chi connectivity index (χ1n) is 7.45. The van der Waals surface area contributed by atoms with Crippen molar-refractivity contribution < 1.29 is 4.42 Å². The Bertz CT molecular complexity index is 770. The van der Waals surface area contributed by atoms with Crippen molar-refractivity contribution >= 4 is 11.1 Å². The number of fused-ring (bicyclic) bond motifs is 1. The van der Waals surface area contributed by atoms with Crippen molar-refractivity contribution in [1.82, 2.24) is 10.3 Å². The number of benzene rings is 1. The Balaban J connectivity index is 1.78. The lowest BCUT2D eigenvalue weighted by Gasteiger charge is -2.20. The number of nitrogens with one attached hydrogen (secondary N) is 1. The Hall–Kier alpha value is -2.13. The van der Waals surface area contributed by atoms with E-state index in [1.807, 2.05) is 24.4 Å². The van der Waals surface area contributed by atoms with Crippen LogP contribution in [0.3, 0.4) is 0 Å². The fraction of sp³-hybridized carbons (Fsp3) is 0.278. The van der Waals surface area contributed by atoms with Gasteiger partial charge >= 0.3 is 0 Å². The third-order valence-electron chi connectivity index (χ3n) is 4.39. The minimum Gasteiger partial charge on any atom is -0.457 e. The van der Waals surface area contributed by atoms with Crippen LogP contribution in [0, 0.1) is 0 Å². The fourth-order valence-corrected chi connectivity index (χ4v) is 3.08. The molecule has 0 spiro atoms. The average molecular weight is 278 g/mol. The molecule has 0 saturated carbocycles. The molecule has 1 fully saturated rings. The highest BCUT2D eigenvalue weighted by atomic mass is 16.3. The zero-order chi connectivity index (χ0) is 14.3. The zero-order valence-electron chi connectivity index (χ0n) is 12.1. The predicted octanol–water partition coefficient (Wildman–Crippen LogP) is 4.09. The van der Waals surface area contributed by atoms with Gasteiger partial charge in [0.05, 0.1) is 5.54 Å². The molecule has 106 valence electrons. The Morgan fingerprint density at radius 3 is 2.76 bits per heavy atom. The Kier molecular flexibility index (Phi) is 2.82. The molecule has 0 unspecified atom stereocenters. The van der Waals surface area contributed by atoms with Crippen LogP contribution in [0.2, 0.25) is 0 Å². The molecule has 3 heterocycles. The smallest absolute Gasteiger partial charge is 0.153 e. The molecule has 4 rings (SSSR count). The summed E-state index contributed by atoms with van der Waals surface area (Å²) < 4.78 is 6.09. The van der Waals surface area contributed by atoms with Crippen molar-refractivity contribution in [2.24, 2.45) is 0 Å². The van der Waals surface area contributed by atoms with Crippen LogP contribution in [-0.2, 0) is 5.54 Å². The summed E-state index contributed by atoms with van der Waals surface area (Å²) in [5.74, 6) is 0.993. The van der Waals surface area contributed by atoms with Gasteiger partial charge in [-0.15, -0.1) is 0 Å². The highest BCUT2D eigenvalue weighted by Crippen LogP contribution is 2.34. The highest BCUT2D eigenvalue weighted by molar-refractivity contribution is 5.79. The van der Waals surface area contributed by atoms with Crippen LogP contribution in [0.4, 0.5) is 0 Å². The summed E-state index contributed by atoms with van der Waals surface area (Å²) >= 11 is 0. The van der Waals surface area contributed by atoms with E-state index in [0.717, 1.165) is 41.0 Å². The van der Waals surface area contributed by atoms with Crippen LogP contribution in [0.5, 0.6) is 0 Å². The van der Waals surface area contributed by atoms with Crippen molar-refractivity contribution in [2.45, 2.75) is 25.3 Å². The molecule has 3 heteroatoms. The lowest BCUT2D eigenvalue weighted by Crippen LogP contribution is -2.32. The van der Waals surface area contributed by atoms with E-state index in [1.54, 1.807) is 0 Å². The molecule has 1 aliphatic rings. The molecule has 1 atom stereocenters. The quantitative estimate of drug-likeness (QED) is 0.767. The number of hydrogen-bond acceptors (Lipinski definition) is 3. The van der Waals surface area contributed by atoms with Crippen LogP contribution in [0.25, 0.3) is 22.2 Å². The van der Waals surface area contributed by atoms with Gasteiger partial charge in [0.1, 0.15) is 11.3 Å². The van der Waals surface area contributed by atoms with Crippen molar-refractivity contribution in [3.8, 4) is 11.1 Å². The number of hydrogen-bond donors (Lipinski definition) is 1. The third kappa shape index (κ3) is 2.14. The van der Waals surface area contributed by atoms with Gasteiger partial charge < -0.3 is 9.73 Å². The summed E-state index contributed by atoms with van der Waals surface area (Å²) in [6.45, 7) is 3.26. The number of rotatable bonds is 2. The van der Waals surface area contributed by atoms with Crippen LogP contribution in [0.1, 0.15) is 25.5 Å². The molecular formula is C18H18N2O. The van der Waals surface area contributed by atoms with E-state index in [4.69, 9.17) is 4.42 Å². The number of pyridine rings is 1. The van der Waals surface area contributed by atoms with Gasteiger partial charge in [-0.25, -0.2) is 0 Å². The summed E-state index contributed by atoms with van der Waals surface area (Å²) in [7, 11) is 0. The van der Waals surface area contributed by atoms with E-state index in [-0.39, 0.29) is 5.54 Å². The van der Waals surface area contributed by atoms with Crippen LogP contribution < -0.4 is 5.32 Å². The van der Waals surface area contributed by atoms with Gasteiger partial charge in [-0.2, -0.15) is 0 Å². The molecular weight excluding hydrogens is 260 g/mol. The summed E-state index contributed by atoms with van der Waals surface area (Å²) in [5.41, 5.74) is 4.00. The Morgan fingerprint density at radius 2 is 2.00 bits per heavy atom. The van der Waals surface area contributed by atoms with Crippen LogP contribution in [0.15, 0.2) is 53.1 Å². The van der Waals surface area contributed by atoms with E-state index in [2.05, 4.69) is 41.5 Å². The number of aromatic nitrogens is 1. The molecule has 3 aromatic rings. The van der Waals surface area contributed by atoms with Gasteiger partial charge in [0.15, 0.2) is 5.58 Å². The third-order valence-corrected chi connectivity index (χ3v) is 4.39. The van der Waals surface area contributed by atoms with E-state index in [9.17, 15) is 0 Å². The van der Waals surface area contributed by atoms with Crippen molar-refractivity contribution in [3.63, 3.8) is 0 Å². The minimum atomic E-state index is -0.0480. The molecule has 0 radical (unpaired) electrons. The topological polar surface area (TPSA) is 38.1 Å². The molecule has 0 aliphatic carbocycles. The van der Waals surface area contributed by atoms with Gasteiger partial charge in [0.2, 0.25) is 0 Å². The standard InChI is InChI=1S/C18H18N2O/c1-18(8-5-9-20-18)17-11-15-16(21-17)10-14(12-19-15)13-6-3-2-4-7-13/h2-4,6-7,10-12,20H,5,8-9H2,1H3/t18-/m0/s1. The molecule has 1 saturated heterocycles.